The van der Waals surface area contributed by atoms with Crippen LogP contribution >= 0.6 is 11.6 Å². The first kappa shape index (κ1) is 11.4. The third-order valence-corrected chi connectivity index (χ3v) is 2.92. The Kier molecular flexibility index (Phi) is 2.88. The smallest absolute Gasteiger partial charge is 0.170 e. The summed E-state index contributed by atoms with van der Waals surface area (Å²) in [4.78, 5) is 5.21. The average molecular weight is 244 g/mol. The van der Waals surface area contributed by atoms with Crippen molar-refractivity contribution in [2.45, 2.75) is 18.6 Å². The van der Waals surface area contributed by atoms with Crippen LogP contribution in [0.2, 0.25) is 5.02 Å². The number of aliphatic hydroxyl groups is 1. The van der Waals surface area contributed by atoms with E-state index in [1.54, 1.807) is 12.1 Å². The summed E-state index contributed by atoms with van der Waals surface area (Å²) in [5, 5.41) is 9.98. The van der Waals surface area contributed by atoms with Crippen molar-refractivity contribution in [2.24, 2.45) is 0 Å². The second-order valence-corrected chi connectivity index (χ2v) is 4.03. The van der Waals surface area contributed by atoms with E-state index in [1.807, 2.05) is 0 Å². The number of hydrogen-bond acceptors (Lipinski definition) is 3. The highest BCUT2D eigenvalue weighted by molar-refractivity contribution is 6.31. The maximum atomic E-state index is 13.8. The van der Waals surface area contributed by atoms with Crippen molar-refractivity contribution in [2.75, 3.05) is 0 Å². The molecule has 1 heterocycles. The van der Waals surface area contributed by atoms with Crippen LogP contribution in [0.5, 0.6) is 0 Å². The van der Waals surface area contributed by atoms with Crippen LogP contribution in [-0.4, -0.2) is 11.2 Å². The molecule has 0 aliphatic carbocycles. The molecule has 0 radical (unpaired) electrons. The summed E-state index contributed by atoms with van der Waals surface area (Å²) in [7, 11) is 0. The van der Waals surface area contributed by atoms with Crippen LogP contribution in [0.3, 0.4) is 0 Å². The van der Waals surface area contributed by atoms with Crippen LogP contribution in [0, 0.1) is 5.82 Å². The number of hydrogen-bond donors (Lipinski definition) is 2. The van der Waals surface area contributed by atoms with Crippen molar-refractivity contribution >= 4 is 11.6 Å². The molecule has 0 spiro atoms. The highest BCUT2D eigenvalue weighted by Gasteiger charge is 2.43. The van der Waals surface area contributed by atoms with Crippen molar-refractivity contribution in [3.05, 3.63) is 46.9 Å². The Morgan fingerprint density at radius 1 is 1.56 bits per heavy atom. The van der Waals surface area contributed by atoms with Crippen molar-refractivity contribution in [1.29, 1.82) is 0 Å². The minimum absolute atomic E-state index is 0.132. The van der Waals surface area contributed by atoms with E-state index >= 15 is 0 Å². The number of rotatable bonds is 2. The van der Waals surface area contributed by atoms with Gasteiger partial charge in [-0.05, 0) is 25.1 Å². The summed E-state index contributed by atoms with van der Waals surface area (Å²) in [6.45, 7) is 1.51. The lowest BCUT2D eigenvalue weighted by Crippen LogP contribution is -2.39. The monoisotopic (exact) mass is 243 g/mol. The van der Waals surface area contributed by atoms with Gasteiger partial charge in [-0.15, -0.1) is 0 Å². The molecule has 2 atom stereocenters. The molecule has 0 amide bonds. The molecule has 2 N–H and O–H groups in total. The molecule has 3 nitrogen and oxygen atoms in total. The third-order valence-electron chi connectivity index (χ3n) is 2.60. The van der Waals surface area contributed by atoms with Crippen molar-refractivity contribution in [3.63, 3.8) is 0 Å². The highest BCUT2D eigenvalue weighted by atomic mass is 35.5. The van der Waals surface area contributed by atoms with Gasteiger partial charge in [-0.1, -0.05) is 17.7 Å². The Morgan fingerprint density at radius 3 is 2.81 bits per heavy atom. The van der Waals surface area contributed by atoms with E-state index in [-0.39, 0.29) is 10.6 Å². The molecular formula is C11H11ClFNO2. The lowest BCUT2D eigenvalue weighted by Gasteiger charge is -2.30. The van der Waals surface area contributed by atoms with Gasteiger partial charge >= 0.3 is 0 Å². The second kappa shape index (κ2) is 4.05. The zero-order valence-corrected chi connectivity index (χ0v) is 9.33. The molecule has 0 bridgehead atoms. The Labute approximate surface area is 97.4 Å². The van der Waals surface area contributed by atoms with Crippen LogP contribution in [0.15, 0.2) is 30.5 Å². The van der Waals surface area contributed by atoms with E-state index in [2.05, 4.69) is 5.48 Å². The zero-order chi connectivity index (χ0) is 11.8. The van der Waals surface area contributed by atoms with E-state index in [9.17, 15) is 9.50 Å². The first-order valence-corrected chi connectivity index (χ1v) is 5.19. The maximum absolute atomic E-state index is 13.8. The van der Waals surface area contributed by atoms with Crippen molar-refractivity contribution in [1.82, 2.24) is 5.48 Å². The summed E-state index contributed by atoms with van der Waals surface area (Å²) in [6.07, 6.45) is 2.10. The summed E-state index contributed by atoms with van der Waals surface area (Å²) in [6, 6.07) is 4.34. The molecule has 0 fully saturated rings. The summed E-state index contributed by atoms with van der Waals surface area (Å²) < 4.78 is 13.8. The second-order valence-electron chi connectivity index (χ2n) is 3.62. The van der Waals surface area contributed by atoms with Crippen LogP contribution in [0.25, 0.3) is 0 Å². The lowest BCUT2D eigenvalue weighted by atomic mass is 9.88. The molecule has 1 aliphatic rings. The van der Waals surface area contributed by atoms with Gasteiger partial charge in [0.05, 0.1) is 11.1 Å². The van der Waals surface area contributed by atoms with Gasteiger partial charge in [-0.3, -0.25) is 10.3 Å². The fourth-order valence-corrected chi connectivity index (χ4v) is 2.07. The molecule has 5 heteroatoms. The molecule has 0 aromatic heterocycles. The normalized spacial score (nSPS) is 25.5. The predicted molar refractivity (Wildman–Crippen MR) is 58.1 cm³/mol. The Balaban J connectivity index is 2.60. The minimum atomic E-state index is -1.28. The molecule has 2 unspecified atom stereocenters. The lowest BCUT2D eigenvalue weighted by molar-refractivity contribution is -0.110. The van der Waals surface area contributed by atoms with Gasteiger partial charge < -0.3 is 5.11 Å². The zero-order valence-electron chi connectivity index (χ0n) is 8.58. The molecule has 86 valence electrons. The van der Waals surface area contributed by atoms with E-state index in [1.165, 1.54) is 25.3 Å². The topological polar surface area (TPSA) is 41.5 Å². The molecule has 0 saturated carbocycles. The van der Waals surface area contributed by atoms with E-state index in [0.29, 0.717) is 0 Å². The van der Waals surface area contributed by atoms with Gasteiger partial charge in [0.25, 0.3) is 0 Å². The quantitative estimate of drug-likeness (QED) is 0.836. The fourth-order valence-electron chi connectivity index (χ4n) is 1.76. The number of aliphatic hydroxyl groups excluding tert-OH is 1. The van der Waals surface area contributed by atoms with Crippen LogP contribution < -0.4 is 5.48 Å². The summed E-state index contributed by atoms with van der Waals surface area (Å²) >= 11 is 5.95. The van der Waals surface area contributed by atoms with Gasteiger partial charge in [0.1, 0.15) is 5.82 Å². The number of nitrogens with one attached hydrogen (secondary N) is 1. The van der Waals surface area contributed by atoms with Crippen LogP contribution in [-0.2, 0) is 10.4 Å². The molecular weight excluding hydrogens is 233 g/mol. The Bertz CT molecular complexity index is 416. The molecule has 1 aliphatic heterocycles. The first-order valence-electron chi connectivity index (χ1n) is 4.82. The number of benzene rings is 1. The van der Waals surface area contributed by atoms with Crippen molar-refractivity contribution in [3.8, 4) is 0 Å². The standard InChI is InChI=1S/C11H11ClFNO2/c1-7(15)11(5-6-14-16-11)10-8(12)3-2-4-9(10)13/h2-7,14-15H,1H3. The molecule has 16 heavy (non-hydrogen) atoms. The average Bonchev–Trinajstić information content (AvgIpc) is 2.67. The van der Waals surface area contributed by atoms with E-state index < -0.39 is 17.5 Å². The number of hydroxylamine groups is 1. The van der Waals surface area contributed by atoms with E-state index in [0.717, 1.165) is 0 Å². The highest BCUT2D eigenvalue weighted by Crippen LogP contribution is 2.38. The molecule has 2 rings (SSSR count). The molecule has 1 aromatic rings. The van der Waals surface area contributed by atoms with Gasteiger partial charge in [0.2, 0.25) is 0 Å². The summed E-state index contributed by atoms with van der Waals surface area (Å²) in [5.41, 5.74) is 1.34. The molecule has 0 saturated heterocycles. The Hall–Kier alpha value is -1.10. The largest absolute Gasteiger partial charge is 0.390 e. The minimum Gasteiger partial charge on any atom is -0.390 e. The Morgan fingerprint density at radius 2 is 2.31 bits per heavy atom. The predicted octanol–water partition coefficient (Wildman–Crippen LogP) is 2.10. The van der Waals surface area contributed by atoms with Gasteiger partial charge in [-0.25, -0.2) is 4.39 Å². The SMILES string of the molecule is CC(O)C1(c2c(F)cccc2Cl)C=CNO1. The van der Waals surface area contributed by atoms with Gasteiger partial charge in [-0.2, -0.15) is 0 Å². The maximum Gasteiger partial charge on any atom is 0.170 e. The van der Waals surface area contributed by atoms with Crippen molar-refractivity contribution < 1.29 is 14.3 Å². The van der Waals surface area contributed by atoms with Gasteiger partial charge in [0, 0.05) is 11.8 Å². The summed E-state index contributed by atoms with van der Waals surface area (Å²) in [5.74, 6) is -0.512. The van der Waals surface area contributed by atoms with Gasteiger partial charge in [0.15, 0.2) is 5.60 Å². The van der Waals surface area contributed by atoms with Crippen LogP contribution in [0.1, 0.15) is 12.5 Å². The number of halogens is 2. The molecule has 1 aromatic carbocycles. The third kappa shape index (κ3) is 1.59. The van der Waals surface area contributed by atoms with Crippen LogP contribution in [0.4, 0.5) is 4.39 Å². The fraction of sp³-hybridized carbons (Fsp3) is 0.273. The van der Waals surface area contributed by atoms with E-state index in [4.69, 9.17) is 16.4 Å². The first-order chi connectivity index (χ1) is 7.58.